The van der Waals surface area contributed by atoms with Crippen molar-refractivity contribution in [3.63, 3.8) is 0 Å². The van der Waals surface area contributed by atoms with Crippen LogP contribution in [0.5, 0.6) is 0 Å². The van der Waals surface area contributed by atoms with Crippen LogP contribution in [0, 0.1) is 23.7 Å². The van der Waals surface area contributed by atoms with Crippen molar-refractivity contribution in [2.24, 2.45) is 16.4 Å². The largest absolute Gasteiger partial charge is 0.360 e. The molecule has 8 nitrogen and oxygen atoms in total. The molecule has 2 aromatic heterocycles. The molecular weight excluding hydrogens is 385 g/mol. The molecule has 1 amide bonds. The van der Waals surface area contributed by atoms with Gasteiger partial charge in [0.25, 0.3) is 5.82 Å². The van der Waals surface area contributed by atoms with Crippen molar-refractivity contribution in [2.45, 2.75) is 31.7 Å². The predicted octanol–water partition coefficient (Wildman–Crippen LogP) is 3.13. The average Bonchev–Trinajstić information content (AvgIpc) is 3.34. The normalized spacial score (nSPS) is 24.1. The van der Waals surface area contributed by atoms with E-state index >= 15 is 0 Å². The first-order valence-corrected chi connectivity index (χ1v) is 10.00. The smallest absolute Gasteiger partial charge is 0.274 e. The molecule has 0 N–H and O–H groups in total. The van der Waals surface area contributed by atoms with E-state index in [0.29, 0.717) is 30.8 Å². The maximum Gasteiger partial charge on any atom is 0.274 e. The van der Waals surface area contributed by atoms with Crippen molar-refractivity contribution in [2.75, 3.05) is 18.0 Å². The number of hydrogen-bond acceptors (Lipinski definition) is 6. The molecule has 9 heteroatoms. The Morgan fingerprint density at radius 2 is 2.13 bits per heavy atom. The Morgan fingerprint density at radius 3 is 2.90 bits per heavy atom. The Morgan fingerprint density at radius 1 is 1.27 bits per heavy atom. The van der Waals surface area contributed by atoms with E-state index in [4.69, 9.17) is 6.57 Å². The number of rotatable bonds is 3. The molecule has 2 aliphatic heterocycles. The molecule has 1 saturated carbocycles. The molecule has 4 heterocycles. The van der Waals surface area contributed by atoms with Crippen LogP contribution in [0.4, 0.5) is 16.0 Å². The van der Waals surface area contributed by atoms with E-state index in [-0.39, 0.29) is 23.3 Å². The number of hydrazone groups is 1. The van der Waals surface area contributed by atoms with Gasteiger partial charge < -0.3 is 9.74 Å². The summed E-state index contributed by atoms with van der Waals surface area (Å²) >= 11 is 0. The summed E-state index contributed by atoms with van der Waals surface area (Å²) in [5.41, 5.74) is 0.567. The zero-order chi connectivity index (χ0) is 20.7. The van der Waals surface area contributed by atoms with Crippen molar-refractivity contribution >= 4 is 23.8 Å². The second kappa shape index (κ2) is 7.13. The summed E-state index contributed by atoms with van der Waals surface area (Å²) in [4.78, 5) is 31.2. The third kappa shape index (κ3) is 3.18. The van der Waals surface area contributed by atoms with Crippen molar-refractivity contribution in [3.05, 3.63) is 53.7 Å². The van der Waals surface area contributed by atoms with Crippen LogP contribution in [0.1, 0.15) is 37.3 Å². The lowest BCUT2D eigenvalue weighted by molar-refractivity contribution is -0.140. The fourth-order valence-corrected chi connectivity index (χ4v) is 4.65. The van der Waals surface area contributed by atoms with Crippen LogP contribution in [0.3, 0.4) is 0 Å². The number of carbonyl (C=O) groups excluding carboxylic acids is 1. The highest BCUT2D eigenvalue weighted by molar-refractivity contribution is 5.83. The summed E-state index contributed by atoms with van der Waals surface area (Å²) in [5, 5.41) is 5.86. The fourth-order valence-electron chi connectivity index (χ4n) is 4.65. The number of nitrogens with zero attached hydrogens (tertiary/aromatic N) is 7. The standard InChI is InChI=1S/C21H20FN7O/c1-23-18-9-19(26-13-25-18)28-7-3-16(21(12-28)4-5-21)20(30)29-17(2-6-27-29)14-8-15(22)11-24-10-14/h6,8-11,13,16-17H,2-5,7,12H2/t16-,17+/m1/s1. The summed E-state index contributed by atoms with van der Waals surface area (Å²) in [6.07, 6.45) is 9.09. The van der Waals surface area contributed by atoms with Crippen LogP contribution in [-0.2, 0) is 4.79 Å². The van der Waals surface area contributed by atoms with Gasteiger partial charge in [0.15, 0.2) is 0 Å². The van der Waals surface area contributed by atoms with E-state index in [1.165, 1.54) is 17.4 Å². The van der Waals surface area contributed by atoms with Crippen LogP contribution in [0.15, 0.2) is 36.0 Å². The number of aromatic nitrogens is 3. The summed E-state index contributed by atoms with van der Waals surface area (Å²) in [7, 11) is 0. The van der Waals surface area contributed by atoms with Gasteiger partial charge in [-0.05, 0) is 36.3 Å². The molecule has 3 aliphatic rings. The van der Waals surface area contributed by atoms with E-state index in [1.54, 1.807) is 18.5 Å². The Hall–Kier alpha value is -3.41. The van der Waals surface area contributed by atoms with Gasteiger partial charge in [-0.1, -0.05) is 6.57 Å². The highest BCUT2D eigenvalue weighted by atomic mass is 19.1. The van der Waals surface area contributed by atoms with E-state index in [0.717, 1.165) is 31.4 Å². The minimum atomic E-state index is -0.414. The molecule has 2 aromatic rings. The van der Waals surface area contributed by atoms with Crippen LogP contribution in [-0.4, -0.2) is 45.2 Å². The average molecular weight is 405 g/mol. The van der Waals surface area contributed by atoms with E-state index in [2.05, 4.69) is 29.8 Å². The summed E-state index contributed by atoms with van der Waals surface area (Å²) < 4.78 is 13.7. The van der Waals surface area contributed by atoms with Crippen LogP contribution >= 0.6 is 0 Å². The van der Waals surface area contributed by atoms with Crippen LogP contribution in [0.25, 0.3) is 4.85 Å². The molecular formula is C21H20FN7O. The second-order valence-corrected chi connectivity index (χ2v) is 8.14. The van der Waals surface area contributed by atoms with Gasteiger partial charge in [0.2, 0.25) is 12.2 Å². The lowest BCUT2D eigenvalue weighted by atomic mass is 9.81. The third-order valence-electron chi connectivity index (χ3n) is 6.37. The van der Waals surface area contributed by atoms with E-state index in [9.17, 15) is 9.18 Å². The monoisotopic (exact) mass is 405 g/mol. The molecule has 0 bridgehead atoms. The second-order valence-electron chi connectivity index (χ2n) is 8.14. The first kappa shape index (κ1) is 18.6. The van der Waals surface area contributed by atoms with Crippen molar-refractivity contribution in [1.82, 2.24) is 20.0 Å². The Balaban J connectivity index is 1.35. The molecule has 2 atom stereocenters. The zero-order valence-corrected chi connectivity index (χ0v) is 16.3. The van der Waals surface area contributed by atoms with Crippen LogP contribution < -0.4 is 4.90 Å². The van der Waals surface area contributed by atoms with Gasteiger partial charge >= 0.3 is 0 Å². The van der Waals surface area contributed by atoms with Gasteiger partial charge in [-0.3, -0.25) is 9.78 Å². The molecule has 152 valence electrons. The molecule has 1 spiro atoms. The van der Waals surface area contributed by atoms with Crippen molar-refractivity contribution in [1.29, 1.82) is 0 Å². The zero-order valence-electron chi connectivity index (χ0n) is 16.3. The maximum absolute atomic E-state index is 13.7. The Bertz CT molecular complexity index is 1060. The number of carbonyl (C=O) groups is 1. The van der Waals surface area contributed by atoms with Gasteiger partial charge in [-0.25, -0.2) is 9.40 Å². The molecule has 0 radical (unpaired) electrons. The number of anilines is 1. The first-order chi connectivity index (χ1) is 14.6. The molecule has 0 unspecified atom stereocenters. The highest BCUT2D eigenvalue weighted by Gasteiger charge is 2.56. The molecule has 0 aromatic carbocycles. The van der Waals surface area contributed by atoms with E-state index < -0.39 is 5.82 Å². The molecule has 30 heavy (non-hydrogen) atoms. The minimum Gasteiger partial charge on any atom is -0.360 e. The summed E-state index contributed by atoms with van der Waals surface area (Å²) in [6.45, 7) is 8.56. The topological polar surface area (TPSA) is 78.9 Å². The van der Waals surface area contributed by atoms with Gasteiger partial charge in [0.05, 0.1) is 12.2 Å². The lowest BCUT2D eigenvalue weighted by Crippen LogP contribution is -2.48. The number of amides is 1. The quantitative estimate of drug-likeness (QED) is 0.733. The molecule has 1 saturated heterocycles. The van der Waals surface area contributed by atoms with Gasteiger partial charge in [-0.15, -0.1) is 4.98 Å². The lowest BCUT2D eigenvalue weighted by Gasteiger charge is -2.40. The van der Waals surface area contributed by atoms with Crippen molar-refractivity contribution in [3.8, 4) is 0 Å². The number of piperidine rings is 1. The third-order valence-corrected chi connectivity index (χ3v) is 6.37. The SMILES string of the molecule is [C-]#[N+]c1cc(N2CC[C@H](C(=O)N3N=CC[C@H]3c3cncc(F)c3)C3(CC3)C2)ncn1. The van der Waals surface area contributed by atoms with Crippen LogP contribution in [0.2, 0.25) is 0 Å². The van der Waals surface area contributed by atoms with Gasteiger partial charge in [-0.2, -0.15) is 10.1 Å². The number of pyridine rings is 1. The van der Waals surface area contributed by atoms with Crippen molar-refractivity contribution < 1.29 is 9.18 Å². The first-order valence-electron chi connectivity index (χ1n) is 10.00. The number of hydrogen-bond donors (Lipinski definition) is 0. The molecule has 1 aliphatic carbocycles. The summed E-state index contributed by atoms with van der Waals surface area (Å²) in [6, 6.07) is 2.81. The number of halogens is 1. The molecule has 5 rings (SSSR count). The Kier molecular flexibility index (Phi) is 4.42. The maximum atomic E-state index is 13.7. The van der Waals surface area contributed by atoms with Gasteiger partial charge in [0, 0.05) is 43.9 Å². The highest BCUT2D eigenvalue weighted by Crippen LogP contribution is 2.57. The predicted molar refractivity (Wildman–Crippen MR) is 107 cm³/mol. The minimum absolute atomic E-state index is 0.000282. The molecule has 2 fully saturated rings. The Labute approximate surface area is 173 Å². The van der Waals surface area contributed by atoms with Gasteiger partial charge in [0.1, 0.15) is 11.6 Å². The van der Waals surface area contributed by atoms with E-state index in [1.807, 2.05) is 0 Å². The fraction of sp³-hybridized carbons (Fsp3) is 0.429. The summed E-state index contributed by atoms with van der Waals surface area (Å²) in [5.74, 6) is 0.509.